The molecule has 0 amide bonds. The van der Waals surface area contributed by atoms with Crippen LogP contribution in [0, 0.1) is 12.8 Å². The van der Waals surface area contributed by atoms with Crippen molar-refractivity contribution >= 4 is 10.4 Å². The topological polar surface area (TPSA) is 74.6 Å². The van der Waals surface area contributed by atoms with E-state index in [9.17, 15) is 0 Å². The molecule has 6 heteroatoms. The van der Waals surface area contributed by atoms with Crippen LogP contribution in [0.1, 0.15) is 65.2 Å². The van der Waals surface area contributed by atoms with E-state index >= 15 is 0 Å². The van der Waals surface area contributed by atoms with Crippen molar-refractivity contribution in [3.63, 3.8) is 0 Å². The zero-order chi connectivity index (χ0) is 13.7. The Hall–Kier alpha value is 0.870. The Kier molecular flexibility index (Phi) is 21.2. The molecule has 0 saturated carbocycles. The summed E-state index contributed by atoms with van der Waals surface area (Å²) in [5.41, 5.74) is 0. The monoisotopic (exact) mass is 290 g/mol. The van der Waals surface area contributed by atoms with Gasteiger partial charge in [-0.2, -0.15) is 14.3 Å². The van der Waals surface area contributed by atoms with E-state index in [0.29, 0.717) is 5.92 Å². The minimum absolute atomic E-state index is 0. The minimum Gasteiger partial charge on any atom is -0.341 e. The molecule has 0 heterocycles. The molecule has 0 saturated heterocycles. The summed E-state index contributed by atoms with van der Waals surface area (Å²) in [4.78, 5) is 0. The Morgan fingerprint density at radius 3 is 1.67 bits per heavy atom. The maximum Gasteiger partial charge on any atom is 1.00 e. The molecule has 0 aliphatic carbocycles. The van der Waals surface area contributed by atoms with E-state index < -0.39 is 10.4 Å². The zero-order valence-electron chi connectivity index (χ0n) is 12.1. The van der Waals surface area contributed by atoms with Crippen LogP contribution in [0.4, 0.5) is 0 Å². The molecule has 0 aliphatic rings. The minimum atomic E-state index is -4.67. The molecule has 0 aromatic rings. The van der Waals surface area contributed by atoms with Gasteiger partial charge in [-0.1, -0.05) is 65.2 Å². The van der Waals surface area contributed by atoms with Crippen LogP contribution in [0.15, 0.2) is 0 Å². The van der Waals surface area contributed by atoms with Crippen LogP contribution in [0.3, 0.4) is 0 Å². The van der Waals surface area contributed by atoms with Gasteiger partial charge >= 0.3 is 40.0 Å². The van der Waals surface area contributed by atoms with Crippen LogP contribution in [0.2, 0.25) is 0 Å². The van der Waals surface area contributed by atoms with Crippen LogP contribution in [0.25, 0.3) is 0 Å². The normalized spacial score (nSPS) is 12.1. The van der Waals surface area contributed by atoms with E-state index in [1.807, 2.05) is 0 Å². The number of rotatable bonds is 8. The van der Waals surface area contributed by atoms with Crippen molar-refractivity contribution in [3.8, 4) is 0 Å². The van der Waals surface area contributed by atoms with Gasteiger partial charge in [0.25, 0.3) is 0 Å². The van der Waals surface area contributed by atoms with Crippen molar-refractivity contribution < 1.29 is 47.1 Å². The average molecular weight is 290 g/mol. The largest absolute Gasteiger partial charge is 1.00 e. The third kappa shape index (κ3) is 43.6. The molecular formula is C12H27NaO4S. The molecule has 0 radical (unpaired) electrons. The molecule has 18 heavy (non-hydrogen) atoms. The molecule has 0 bridgehead atoms. The van der Waals surface area contributed by atoms with E-state index in [-0.39, 0.29) is 29.6 Å². The van der Waals surface area contributed by atoms with Gasteiger partial charge in [0, 0.05) is 0 Å². The van der Waals surface area contributed by atoms with E-state index in [4.69, 9.17) is 17.5 Å². The quantitative estimate of drug-likeness (QED) is 0.302. The molecule has 0 aromatic heterocycles. The molecule has 0 fully saturated rings. The predicted octanol–water partition coefficient (Wildman–Crippen LogP) is 0.948. The van der Waals surface area contributed by atoms with Crippen LogP contribution >= 0.6 is 0 Å². The van der Waals surface area contributed by atoms with Gasteiger partial charge in [-0.05, 0) is 0 Å². The second-order valence-electron chi connectivity index (χ2n) is 4.46. The first-order valence-electron chi connectivity index (χ1n) is 6.30. The van der Waals surface area contributed by atoms with Gasteiger partial charge < -0.3 is 6.92 Å². The van der Waals surface area contributed by atoms with Crippen LogP contribution < -0.4 is 29.6 Å². The maximum absolute atomic E-state index is 8.74. The van der Waals surface area contributed by atoms with Crippen molar-refractivity contribution in [1.29, 1.82) is 0 Å². The SMILES string of the molecule is O=S(=O)(O)O.[CH2-]C(C)CCCCCCCCC.[Na+]. The Balaban J connectivity index is -0.000000321. The van der Waals surface area contributed by atoms with Gasteiger partial charge in [-0.25, -0.2) is 0 Å². The summed E-state index contributed by atoms with van der Waals surface area (Å²) in [5.74, 6) is 0.653. The Bertz CT molecular complexity index is 232. The number of hydrogen-bond acceptors (Lipinski definition) is 2. The van der Waals surface area contributed by atoms with Crippen molar-refractivity contribution in [2.24, 2.45) is 5.92 Å². The fraction of sp³-hybridized carbons (Fsp3) is 0.917. The fourth-order valence-electron chi connectivity index (χ4n) is 1.45. The standard InChI is InChI=1S/C12H25.Na.H2O4S/c1-4-5-6-7-8-9-10-11-12(2)3;;1-5(2,3)4/h12H,2,4-11H2,1,3H3;;(H2,1,2,3,4)/q-1;+1;. The Labute approximate surface area is 135 Å². The van der Waals surface area contributed by atoms with E-state index in [1.165, 1.54) is 51.4 Å². The van der Waals surface area contributed by atoms with Crippen LogP contribution in [-0.2, 0) is 10.4 Å². The van der Waals surface area contributed by atoms with Gasteiger partial charge in [0.1, 0.15) is 0 Å². The number of unbranched alkanes of at least 4 members (excludes halogenated alkanes) is 6. The fourth-order valence-corrected chi connectivity index (χ4v) is 1.45. The smallest absolute Gasteiger partial charge is 0.341 e. The Morgan fingerprint density at radius 1 is 1.00 bits per heavy atom. The molecule has 4 nitrogen and oxygen atoms in total. The summed E-state index contributed by atoms with van der Waals surface area (Å²) in [5, 5.41) is 0. The van der Waals surface area contributed by atoms with Gasteiger partial charge in [-0.15, -0.1) is 0 Å². The van der Waals surface area contributed by atoms with Gasteiger partial charge in [0.15, 0.2) is 0 Å². The summed E-state index contributed by atoms with van der Waals surface area (Å²) < 4.78 is 31.6. The first-order chi connectivity index (χ1) is 7.77. The van der Waals surface area contributed by atoms with E-state index in [2.05, 4.69) is 20.8 Å². The molecule has 0 rings (SSSR count). The first-order valence-corrected chi connectivity index (χ1v) is 7.70. The number of hydrogen-bond donors (Lipinski definition) is 2. The summed E-state index contributed by atoms with van der Waals surface area (Å²) in [6.07, 6.45) is 11.2. The van der Waals surface area contributed by atoms with Gasteiger partial charge in [0.2, 0.25) is 0 Å². The van der Waals surface area contributed by atoms with Crippen molar-refractivity contribution in [3.05, 3.63) is 6.92 Å². The van der Waals surface area contributed by atoms with Gasteiger partial charge in [0.05, 0.1) is 0 Å². The average Bonchev–Trinajstić information content (AvgIpc) is 2.13. The van der Waals surface area contributed by atoms with Crippen molar-refractivity contribution in [1.82, 2.24) is 0 Å². The third-order valence-corrected chi connectivity index (χ3v) is 2.30. The van der Waals surface area contributed by atoms with Gasteiger partial charge in [-0.3, -0.25) is 9.11 Å². The van der Waals surface area contributed by atoms with E-state index in [0.717, 1.165) is 0 Å². The molecule has 1 atom stereocenters. The summed E-state index contributed by atoms with van der Waals surface area (Å²) in [6, 6.07) is 0. The predicted molar refractivity (Wildman–Crippen MR) is 71.3 cm³/mol. The van der Waals surface area contributed by atoms with Crippen molar-refractivity contribution in [2.45, 2.75) is 65.2 Å². The zero-order valence-corrected chi connectivity index (χ0v) is 14.9. The third-order valence-electron chi connectivity index (χ3n) is 2.30. The molecular weight excluding hydrogens is 263 g/mol. The summed E-state index contributed by atoms with van der Waals surface area (Å²) >= 11 is 0. The molecule has 0 spiro atoms. The van der Waals surface area contributed by atoms with Crippen molar-refractivity contribution in [2.75, 3.05) is 0 Å². The second-order valence-corrected chi connectivity index (χ2v) is 5.36. The molecule has 0 aromatic carbocycles. The molecule has 2 N–H and O–H groups in total. The maximum atomic E-state index is 8.74. The molecule has 0 aliphatic heterocycles. The molecule has 1 unspecified atom stereocenters. The van der Waals surface area contributed by atoms with Crippen LogP contribution in [-0.4, -0.2) is 17.5 Å². The summed E-state index contributed by atoms with van der Waals surface area (Å²) in [7, 11) is -4.67. The van der Waals surface area contributed by atoms with Crippen LogP contribution in [0.5, 0.6) is 0 Å². The molecule has 106 valence electrons. The first kappa shape index (κ1) is 23.9. The Morgan fingerprint density at radius 2 is 1.33 bits per heavy atom. The second kappa shape index (κ2) is 15.9. The van der Waals surface area contributed by atoms with E-state index in [1.54, 1.807) is 0 Å². The summed E-state index contributed by atoms with van der Waals surface area (Å²) in [6.45, 7) is 8.46.